The van der Waals surface area contributed by atoms with E-state index in [2.05, 4.69) is 5.32 Å². The Morgan fingerprint density at radius 2 is 1.74 bits per heavy atom. The molecule has 0 aliphatic carbocycles. The summed E-state index contributed by atoms with van der Waals surface area (Å²) in [7, 11) is -3.71. The number of hydrogen-bond acceptors (Lipinski definition) is 5. The van der Waals surface area contributed by atoms with Crippen molar-refractivity contribution in [2.24, 2.45) is 0 Å². The predicted molar refractivity (Wildman–Crippen MR) is 114 cm³/mol. The summed E-state index contributed by atoms with van der Waals surface area (Å²) in [5, 5.41) is 2.97. The number of carbonyl (C=O) groups is 2. The molecule has 1 N–H and O–H groups in total. The first-order valence-electron chi connectivity index (χ1n) is 10.6. The van der Waals surface area contributed by atoms with Gasteiger partial charge in [-0.15, -0.1) is 0 Å². The summed E-state index contributed by atoms with van der Waals surface area (Å²) in [4.78, 5) is 27.5. The van der Waals surface area contributed by atoms with Gasteiger partial charge in [-0.1, -0.05) is 18.2 Å². The predicted octanol–water partition coefficient (Wildman–Crippen LogP) is 2.16. The smallest absolute Gasteiger partial charge is 0.287 e. The van der Waals surface area contributed by atoms with Crippen molar-refractivity contribution < 1.29 is 22.4 Å². The maximum Gasteiger partial charge on any atom is 0.287 e. The lowest BCUT2D eigenvalue weighted by Crippen LogP contribution is -2.52. The van der Waals surface area contributed by atoms with Crippen LogP contribution in [0.1, 0.15) is 41.8 Å². The second-order valence-corrected chi connectivity index (χ2v) is 9.98. The third-order valence-electron chi connectivity index (χ3n) is 6.05. The van der Waals surface area contributed by atoms with Crippen molar-refractivity contribution in [1.29, 1.82) is 0 Å². The van der Waals surface area contributed by atoms with Crippen molar-refractivity contribution in [2.45, 2.75) is 49.6 Å². The van der Waals surface area contributed by atoms with Crippen LogP contribution in [0.15, 0.2) is 52.0 Å². The summed E-state index contributed by atoms with van der Waals surface area (Å²) in [6.45, 7) is 3.13. The summed E-state index contributed by atoms with van der Waals surface area (Å²) < 4.78 is 32.7. The van der Waals surface area contributed by atoms with E-state index in [1.54, 1.807) is 41.3 Å². The maximum atomic E-state index is 13.2. The molecule has 0 bridgehead atoms. The minimum Gasteiger partial charge on any atom is -0.459 e. The molecule has 166 valence electrons. The number of piperidine rings is 1. The largest absolute Gasteiger partial charge is 0.459 e. The number of nitrogens with one attached hydrogen (secondary N) is 1. The molecule has 0 radical (unpaired) electrons. The zero-order valence-corrected chi connectivity index (χ0v) is 18.3. The second-order valence-electron chi connectivity index (χ2n) is 8.09. The summed E-state index contributed by atoms with van der Waals surface area (Å²) in [5.74, 6) is -0.0851. The van der Waals surface area contributed by atoms with Crippen LogP contribution in [0.5, 0.6) is 0 Å². The Morgan fingerprint density at radius 3 is 2.39 bits per heavy atom. The molecule has 2 amide bonds. The summed E-state index contributed by atoms with van der Waals surface area (Å²) in [6, 6.07) is 9.28. The van der Waals surface area contributed by atoms with Crippen molar-refractivity contribution in [1.82, 2.24) is 14.5 Å². The minimum atomic E-state index is -3.71. The highest BCUT2D eigenvalue weighted by Gasteiger charge is 2.41. The molecule has 0 saturated carbocycles. The summed E-state index contributed by atoms with van der Waals surface area (Å²) >= 11 is 0. The van der Waals surface area contributed by atoms with Gasteiger partial charge in [0.05, 0.1) is 11.2 Å². The number of likely N-dealkylation sites (tertiary alicyclic amines) is 1. The monoisotopic (exact) mass is 445 g/mol. The van der Waals surface area contributed by atoms with Crippen LogP contribution >= 0.6 is 0 Å². The van der Waals surface area contributed by atoms with Crippen molar-refractivity contribution in [2.75, 3.05) is 19.6 Å². The highest BCUT2D eigenvalue weighted by atomic mass is 32.2. The van der Waals surface area contributed by atoms with Gasteiger partial charge in [0.15, 0.2) is 5.76 Å². The van der Waals surface area contributed by atoms with Gasteiger partial charge in [0, 0.05) is 31.2 Å². The fourth-order valence-corrected chi connectivity index (χ4v) is 5.99. The van der Waals surface area contributed by atoms with E-state index >= 15 is 0 Å². The fraction of sp³-hybridized carbons (Fsp3) is 0.455. The first-order valence-corrected chi connectivity index (χ1v) is 12.0. The van der Waals surface area contributed by atoms with E-state index in [-0.39, 0.29) is 22.8 Å². The third-order valence-corrected chi connectivity index (χ3v) is 7.97. The van der Waals surface area contributed by atoms with Crippen LogP contribution in [-0.4, -0.2) is 61.2 Å². The van der Waals surface area contributed by atoms with Gasteiger partial charge in [0.25, 0.3) is 5.91 Å². The van der Waals surface area contributed by atoms with Crippen LogP contribution in [-0.2, 0) is 14.8 Å². The Balaban J connectivity index is 1.37. The molecule has 2 fully saturated rings. The number of rotatable bonds is 5. The van der Waals surface area contributed by atoms with Crippen molar-refractivity contribution in [3.05, 3.63) is 54.0 Å². The van der Waals surface area contributed by atoms with Crippen LogP contribution in [0.4, 0.5) is 0 Å². The zero-order valence-electron chi connectivity index (χ0n) is 17.5. The van der Waals surface area contributed by atoms with E-state index < -0.39 is 16.1 Å². The molecule has 0 spiro atoms. The first kappa shape index (κ1) is 21.6. The lowest BCUT2D eigenvalue weighted by molar-refractivity contribution is -0.135. The van der Waals surface area contributed by atoms with Gasteiger partial charge in [-0.3, -0.25) is 9.59 Å². The number of furan rings is 1. The maximum absolute atomic E-state index is 13.2. The minimum absolute atomic E-state index is 0.0474. The first-order chi connectivity index (χ1) is 14.9. The molecule has 9 heteroatoms. The van der Waals surface area contributed by atoms with Gasteiger partial charge in [-0.25, -0.2) is 8.42 Å². The molecular formula is C22H27N3O5S. The standard InChI is InChI=1S/C22H27N3O5S/c1-16-11-15-30-20(16)21(26)23-17-9-13-24(14-10-17)22(27)19-8-5-12-25(19)31(28,29)18-6-3-2-4-7-18/h2-4,6-7,11,15,17,19H,5,8-10,12-14H2,1H3,(H,23,26). The van der Waals surface area contributed by atoms with E-state index in [1.807, 2.05) is 6.92 Å². The molecule has 1 aromatic heterocycles. The Kier molecular flexibility index (Phi) is 6.15. The number of benzene rings is 1. The Morgan fingerprint density at radius 1 is 1.03 bits per heavy atom. The average molecular weight is 446 g/mol. The molecule has 2 aromatic rings. The van der Waals surface area contributed by atoms with Crippen LogP contribution in [0, 0.1) is 6.92 Å². The number of hydrogen-bond donors (Lipinski definition) is 1. The highest BCUT2D eigenvalue weighted by Crippen LogP contribution is 2.28. The molecule has 8 nitrogen and oxygen atoms in total. The van der Waals surface area contributed by atoms with Crippen LogP contribution < -0.4 is 5.32 Å². The van der Waals surface area contributed by atoms with Crippen LogP contribution in [0.25, 0.3) is 0 Å². The van der Waals surface area contributed by atoms with Gasteiger partial charge < -0.3 is 14.6 Å². The average Bonchev–Trinajstić information content (AvgIpc) is 3.44. The zero-order chi connectivity index (χ0) is 22.0. The molecule has 2 aliphatic rings. The number of amides is 2. The normalized spacial score (nSPS) is 20.7. The second kappa shape index (κ2) is 8.84. The number of carbonyl (C=O) groups excluding carboxylic acids is 2. The fourth-order valence-electron chi connectivity index (χ4n) is 4.31. The van der Waals surface area contributed by atoms with Gasteiger partial charge in [0.2, 0.25) is 15.9 Å². The van der Waals surface area contributed by atoms with Crippen LogP contribution in [0.3, 0.4) is 0 Å². The Bertz CT molecular complexity index is 1040. The van der Waals surface area contributed by atoms with Gasteiger partial charge in [0.1, 0.15) is 6.04 Å². The van der Waals surface area contributed by atoms with E-state index in [0.29, 0.717) is 51.1 Å². The van der Waals surface area contributed by atoms with E-state index in [4.69, 9.17) is 4.42 Å². The summed E-state index contributed by atoms with van der Waals surface area (Å²) in [5.41, 5.74) is 0.783. The Hall–Kier alpha value is -2.65. The third kappa shape index (κ3) is 4.38. The molecule has 1 atom stereocenters. The summed E-state index contributed by atoms with van der Waals surface area (Å²) in [6.07, 6.45) is 3.92. The van der Waals surface area contributed by atoms with Crippen molar-refractivity contribution >= 4 is 21.8 Å². The number of nitrogens with zero attached hydrogens (tertiary/aromatic N) is 2. The molecule has 2 aliphatic heterocycles. The lowest BCUT2D eigenvalue weighted by Gasteiger charge is -2.35. The van der Waals surface area contributed by atoms with Crippen LogP contribution in [0.2, 0.25) is 0 Å². The van der Waals surface area contributed by atoms with E-state index in [0.717, 1.165) is 5.56 Å². The number of aryl methyl sites for hydroxylation is 1. The topological polar surface area (TPSA) is 99.9 Å². The molecule has 3 heterocycles. The molecule has 1 unspecified atom stereocenters. The van der Waals surface area contributed by atoms with Gasteiger partial charge >= 0.3 is 0 Å². The molecule has 4 rings (SSSR count). The van der Waals surface area contributed by atoms with Gasteiger partial charge in [-0.2, -0.15) is 4.31 Å². The quantitative estimate of drug-likeness (QED) is 0.760. The molecule has 2 saturated heterocycles. The molecule has 1 aromatic carbocycles. The number of sulfonamides is 1. The SMILES string of the molecule is Cc1ccoc1C(=O)NC1CCN(C(=O)C2CCCN2S(=O)(=O)c2ccccc2)CC1. The lowest BCUT2D eigenvalue weighted by atomic mass is 10.0. The van der Waals surface area contributed by atoms with Crippen molar-refractivity contribution in [3.8, 4) is 0 Å². The highest BCUT2D eigenvalue weighted by molar-refractivity contribution is 7.89. The molecule has 31 heavy (non-hydrogen) atoms. The molecular weight excluding hydrogens is 418 g/mol. The Labute approximate surface area is 182 Å². The van der Waals surface area contributed by atoms with Crippen molar-refractivity contribution in [3.63, 3.8) is 0 Å². The van der Waals surface area contributed by atoms with E-state index in [9.17, 15) is 18.0 Å². The van der Waals surface area contributed by atoms with Gasteiger partial charge in [-0.05, 0) is 50.8 Å². The van der Waals surface area contributed by atoms with E-state index in [1.165, 1.54) is 10.6 Å².